The molecule has 0 N–H and O–H groups in total. The molecule has 2 aromatic rings. The first-order chi connectivity index (χ1) is 9.72. The molecule has 0 amide bonds. The monoisotopic (exact) mass is 284 g/mol. The lowest BCUT2D eigenvalue weighted by Crippen LogP contribution is -1.95. The summed E-state index contributed by atoms with van der Waals surface area (Å²) in [6, 6.07) is 9.43. The Morgan fingerprint density at radius 1 is 1.30 bits per heavy atom. The molecule has 0 spiro atoms. The van der Waals surface area contributed by atoms with E-state index in [2.05, 4.69) is 11.1 Å². The van der Waals surface area contributed by atoms with E-state index in [1.165, 1.54) is 18.4 Å². The lowest BCUT2D eigenvalue weighted by molar-refractivity contribution is 0.398. The fourth-order valence-electron chi connectivity index (χ4n) is 2.35. The van der Waals surface area contributed by atoms with E-state index in [1.54, 1.807) is 19.2 Å². The number of nitriles is 1. The Bertz CT molecular complexity index is 702. The van der Waals surface area contributed by atoms with Crippen LogP contribution in [0.5, 0.6) is 5.88 Å². The molecule has 0 aliphatic heterocycles. The molecule has 3 nitrogen and oxygen atoms in total. The number of ether oxygens (including phenoxy) is 1. The van der Waals surface area contributed by atoms with Gasteiger partial charge in [-0.15, -0.1) is 0 Å². The zero-order chi connectivity index (χ0) is 14.1. The Hall–Kier alpha value is -2.05. The smallest absolute Gasteiger partial charge is 0.213 e. The molecule has 0 radical (unpaired) electrons. The number of aromatic nitrogens is 1. The number of benzene rings is 1. The van der Waals surface area contributed by atoms with Crippen molar-refractivity contribution in [3.63, 3.8) is 0 Å². The molecular formula is C16H13ClN2O. The molecule has 0 saturated heterocycles. The van der Waals surface area contributed by atoms with Crippen LogP contribution in [0.2, 0.25) is 5.02 Å². The third kappa shape index (κ3) is 2.35. The summed E-state index contributed by atoms with van der Waals surface area (Å²) in [4.78, 5) is 4.28. The van der Waals surface area contributed by atoms with Gasteiger partial charge >= 0.3 is 0 Å². The van der Waals surface area contributed by atoms with Crippen molar-refractivity contribution in [3.8, 4) is 23.1 Å². The van der Waals surface area contributed by atoms with Crippen molar-refractivity contribution >= 4 is 11.6 Å². The Morgan fingerprint density at radius 2 is 2.10 bits per heavy atom. The van der Waals surface area contributed by atoms with Crippen molar-refractivity contribution in [3.05, 3.63) is 46.6 Å². The van der Waals surface area contributed by atoms with Gasteiger partial charge in [0.2, 0.25) is 5.88 Å². The highest BCUT2D eigenvalue weighted by Crippen LogP contribution is 2.45. The van der Waals surface area contributed by atoms with Crippen LogP contribution in [-0.2, 0) is 0 Å². The summed E-state index contributed by atoms with van der Waals surface area (Å²) in [5.74, 6) is 1.09. The van der Waals surface area contributed by atoms with E-state index in [4.69, 9.17) is 16.3 Å². The zero-order valence-corrected chi connectivity index (χ0v) is 11.8. The van der Waals surface area contributed by atoms with Gasteiger partial charge in [-0.1, -0.05) is 11.6 Å². The van der Waals surface area contributed by atoms with Crippen LogP contribution in [0.4, 0.5) is 0 Å². The highest BCUT2D eigenvalue weighted by Gasteiger charge is 2.28. The van der Waals surface area contributed by atoms with Crippen molar-refractivity contribution in [1.82, 2.24) is 4.98 Å². The second-order valence-corrected chi connectivity index (χ2v) is 5.33. The van der Waals surface area contributed by atoms with E-state index in [9.17, 15) is 5.26 Å². The number of nitrogens with zero attached hydrogens (tertiary/aromatic N) is 2. The zero-order valence-electron chi connectivity index (χ0n) is 11.1. The van der Waals surface area contributed by atoms with Crippen molar-refractivity contribution < 1.29 is 4.74 Å². The molecule has 4 heteroatoms. The third-order valence-corrected chi connectivity index (χ3v) is 3.76. The highest BCUT2D eigenvalue weighted by atomic mass is 35.5. The summed E-state index contributed by atoms with van der Waals surface area (Å²) < 4.78 is 5.21. The molecule has 1 aliphatic carbocycles. The predicted octanol–water partition coefficient (Wildman–Crippen LogP) is 4.16. The lowest BCUT2D eigenvalue weighted by atomic mass is 9.95. The largest absolute Gasteiger partial charge is 0.481 e. The van der Waals surface area contributed by atoms with Crippen LogP contribution >= 0.6 is 11.6 Å². The van der Waals surface area contributed by atoms with Gasteiger partial charge in [0.1, 0.15) is 0 Å². The molecule has 0 bridgehead atoms. The molecule has 1 aliphatic rings. The lowest BCUT2D eigenvalue weighted by Gasteiger charge is -2.12. The summed E-state index contributed by atoms with van der Waals surface area (Å²) in [5, 5.41) is 9.92. The van der Waals surface area contributed by atoms with Crippen LogP contribution in [0.3, 0.4) is 0 Å². The minimum absolute atomic E-state index is 0.536. The maximum atomic E-state index is 9.30. The Labute approximate surface area is 122 Å². The van der Waals surface area contributed by atoms with Gasteiger partial charge in [0.05, 0.1) is 18.7 Å². The van der Waals surface area contributed by atoms with Crippen molar-refractivity contribution in [2.24, 2.45) is 0 Å². The Kier molecular flexibility index (Phi) is 3.33. The van der Waals surface area contributed by atoms with Crippen LogP contribution in [0.15, 0.2) is 30.5 Å². The van der Waals surface area contributed by atoms with E-state index in [1.807, 2.05) is 18.3 Å². The second kappa shape index (κ2) is 5.15. The normalized spacial score (nSPS) is 13.8. The van der Waals surface area contributed by atoms with Gasteiger partial charge in [-0.05, 0) is 48.1 Å². The first-order valence-corrected chi connectivity index (χ1v) is 6.84. The molecular weight excluding hydrogens is 272 g/mol. The minimum atomic E-state index is 0.536. The molecule has 1 heterocycles. The van der Waals surface area contributed by atoms with Gasteiger partial charge in [0, 0.05) is 22.8 Å². The Morgan fingerprint density at radius 3 is 2.75 bits per heavy atom. The molecule has 0 atom stereocenters. The van der Waals surface area contributed by atoms with Crippen LogP contribution in [0.25, 0.3) is 11.1 Å². The fourth-order valence-corrected chi connectivity index (χ4v) is 2.52. The topological polar surface area (TPSA) is 45.9 Å². The minimum Gasteiger partial charge on any atom is -0.481 e. The quantitative estimate of drug-likeness (QED) is 0.850. The maximum Gasteiger partial charge on any atom is 0.213 e. The molecule has 20 heavy (non-hydrogen) atoms. The Balaban J connectivity index is 2.22. The molecule has 1 fully saturated rings. The van der Waals surface area contributed by atoms with E-state index in [-0.39, 0.29) is 0 Å². The molecule has 100 valence electrons. The average molecular weight is 285 g/mol. The highest BCUT2D eigenvalue weighted by molar-refractivity contribution is 6.31. The van der Waals surface area contributed by atoms with Gasteiger partial charge in [-0.25, -0.2) is 4.98 Å². The van der Waals surface area contributed by atoms with Crippen molar-refractivity contribution in [2.45, 2.75) is 18.8 Å². The van der Waals surface area contributed by atoms with E-state index in [0.29, 0.717) is 22.4 Å². The number of pyridine rings is 1. The van der Waals surface area contributed by atoms with Gasteiger partial charge < -0.3 is 4.74 Å². The number of hydrogen-bond donors (Lipinski definition) is 0. The van der Waals surface area contributed by atoms with E-state index < -0.39 is 0 Å². The molecule has 1 saturated carbocycles. The summed E-state index contributed by atoms with van der Waals surface area (Å²) in [6.45, 7) is 0. The third-order valence-electron chi connectivity index (χ3n) is 3.53. The van der Waals surface area contributed by atoms with Crippen molar-refractivity contribution in [1.29, 1.82) is 5.26 Å². The first-order valence-electron chi connectivity index (χ1n) is 6.47. The fraction of sp³-hybridized carbons (Fsp3) is 0.250. The second-order valence-electron chi connectivity index (χ2n) is 4.89. The van der Waals surface area contributed by atoms with Crippen LogP contribution < -0.4 is 4.74 Å². The number of rotatable bonds is 3. The van der Waals surface area contributed by atoms with E-state index >= 15 is 0 Å². The molecule has 1 aromatic heterocycles. The standard InChI is InChI=1S/C16H13ClN2O/c1-20-16-7-14(15(9-19-16)10-2-3-10)13-6-12(17)5-4-11(13)8-18/h4-7,9-10H,2-3H2,1H3. The van der Waals surface area contributed by atoms with Crippen LogP contribution in [0, 0.1) is 11.3 Å². The SMILES string of the molecule is COc1cc(-c2cc(Cl)ccc2C#N)c(C2CC2)cn1. The van der Waals surface area contributed by atoms with Gasteiger partial charge in [0.15, 0.2) is 0 Å². The number of methoxy groups -OCH3 is 1. The summed E-state index contributed by atoms with van der Waals surface area (Å²) in [5.41, 5.74) is 3.63. The van der Waals surface area contributed by atoms with Gasteiger partial charge in [-0.3, -0.25) is 0 Å². The predicted molar refractivity (Wildman–Crippen MR) is 77.9 cm³/mol. The maximum absolute atomic E-state index is 9.30. The van der Waals surface area contributed by atoms with Gasteiger partial charge in [-0.2, -0.15) is 5.26 Å². The summed E-state index contributed by atoms with van der Waals surface area (Å²) >= 11 is 6.09. The van der Waals surface area contributed by atoms with Crippen LogP contribution in [-0.4, -0.2) is 12.1 Å². The molecule has 0 unspecified atom stereocenters. The van der Waals surface area contributed by atoms with Crippen LogP contribution in [0.1, 0.15) is 29.9 Å². The summed E-state index contributed by atoms with van der Waals surface area (Å²) in [6.07, 6.45) is 4.20. The number of hydrogen-bond acceptors (Lipinski definition) is 3. The van der Waals surface area contributed by atoms with Crippen molar-refractivity contribution in [2.75, 3.05) is 7.11 Å². The average Bonchev–Trinajstić information content (AvgIpc) is 3.31. The molecule has 3 rings (SSSR count). The number of halogens is 1. The van der Waals surface area contributed by atoms with E-state index in [0.717, 1.165) is 11.1 Å². The van der Waals surface area contributed by atoms with Gasteiger partial charge in [0.25, 0.3) is 0 Å². The molecule has 1 aromatic carbocycles. The summed E-state index contributed by atoms with van der Waals surface area (Å²) in [7, 11) is 1.59. The first kappa shape index (κ1) is 13.0.